The zero-order valence-corrected chi connectivity index (χ0v) is 45.7. The molecule has 2 amide bonds. The quantitative estimate of drug-likeness (QED) is 0.155. The number of likely N-dealkylation sites (tertiary alicyclic amines) is 2. The molecular formula is C54H109N5O4. The smallest absolute Gasteiger partial charge is 0.224 e. The lowest BCUT2D eigenvalue weighted by molar-refractivity contribution is -0.135. The van der Waals surface area contributed by atoms with Crippen molar-refractivity contribution in [1.82, 2.24) is 24.9 Å². The van der Waals surface area contributed by atoms with Gasteiger partial charge in [0.05, 0.1) is 26.2 Å². The molecule has 9 nitrogen and oxygen atoms in total. The van der Waals surface area contributed by atoms with E-state index in [9.17, 15) is 9.59 Å². The number of rotatable bonds is 16. The van der Waals surface area contributed by atoms with Crippen LogP contribution in [0, 0.1) is 33.0 Å². The fourth-order valence-corrected chi connectivity index (χ4v) is 8.65. The molecular weight excluding hydrogens is 783 g/mol. The minimum Gasteiger partial charge on any atom is -0.380 e. The van der Waals surface area contributed by atoms with Gasteiger partial charge in [0, 0.05) is 76.5 Å². The number of hydrogen-bond acceptors (Lipinski definition) is 7. The summed E-state index contributed by atoms with van der Waals surface area (Å²) < 4.78 is 11.4. The van der Waals surface area contributed by atoms with E-state index in [1.54, 1.807) is 0 Å². The summed E-state index contributed by atoms with van der Waals surface area (Å²) >= 11 is 0. The molecule has 3 rings (SSSR count). The first-order valence-corrected chi connectivity index (χ1v) is 25.7. The van der Waals surface area contributed by atoms with Gasteiger partial charge in [0.25, 0.3) is 0 Å². The number of nitrogens with one attached hydrogen (secondary N) is 1. The number of unbranched alkanes of at least 4 members (excludes halogenated alkanes) is 1. The monoisotopic (exact) mass is 892 g/mol. The predicted molar refractivity (Wildman–Crippen MR) is 271 cm³/mol. The Bertz CT molecular complexity index is 1240. The number of carbonyl (C=O) groups excluding carboxylic acids is 2. The van der Waals surface area contributed by atoms with Gasteiger partial charge in [0.15, 0.2) is 0 Å². The second kappa shape index (κ2) is 26.9. The number of hydrogen-bond donors (Lipinski definition) is 1. The van der Waals surface area contributed by atoms with Crippen molar-refractivity contribution in [3.8, 4) is 0 Å². The minimum atomic E-state index is 0.117. The topological polar surface area (TPSA) is 77.6 Å². The van der Waals surface area contributed by atoms with Crippen LogP contribution in [0.5, 0.6) is 0 Å². The van der Waals surface area contributed by atoms with Gasteiger partial charge >= 0.3 is 0 Å². The van der Waals surface area contributed by atoms with E-state index in [-0.39, 0.29) is 17.0 Å². The van der Waals surface area contributed by atoms with Gasteiger partial charge in [-0.25, -0.2) is 0 Å². The Balaban J connectivity index is 0.000000473. The van der Waals surface area contributed by atoms with Crippen LogP contribution in [0.3, 0.4) is 0 Å². The maximum absolute atomic E-state index is 12.2. The summed E-state index contributed by atoms with van der Waals surface area (Å²) in [4.78, 5) is 33.4. The van der Waals surface area contributed by atoms with Crippen molar-refractivity contribution in [3.05, 3.63) is 0 Å². The Morgan fingerprint density at radius 3 is 1.54 bits per heavy atom. The Labute approximate surface area is 392 Å². The maximum Gasteiger partial charge on any atom is 0.224 e. The number of piperazine rings is 1. The van der Waals surface area contributed by atoms with Crippen LogP contribution in [0.4, 0.5) is 0 Å². The normalized spacial score (nSPS) is 19.0. The first-order chi connectivity index (χ1) is 28.7. The zero-order valence-electron chi connectivity index (χ0n) is 45.7. The first-order valence-electron chi connectivity index (χ1n) is 25.7. The molecule has 374 valence electrons. The largest absolute Gasteiger partial charge is 0.380 e. The molecule has 3 aliphatic heterocycles. The highest BCUT2D eigenvalue weighted by atomic mass is 16.5. The van der Waals surface area contributed by atoms with E-state index in [1.165, 1.54) is 64.5 Å². The molecule has 3 aliphatic rings. The van der Waals surface area contributed by atoms with E-state index in [0.29, 0.717) is 52.6 Å². The molecule has 0 aromatic carbocycles. The van der Waals surface area contributed by atoms with Gasteiger partial charge < -0.3 is 29.5 Å². The lowest BCUT2D eigenvalue weighted by atomic mass is 9.63. The molecule has 3 saturated heterocycles. The van der Waals surface area contributed by atoms with Crippen LogP contribution < -0.4 is 5.32 Å². The van der Waals surface area contributed by atoms with Gasteiger partial charge in [-0.15, -0.1) is 0 Å². The number of piperidine rings is 2. The van der Waals surface area contributed by atoms with Crippen LogP contribution in [-0.4, -0.2) is 134 Å². The van der Waals surface area contributed by atoms with Gasteiger partial charge in [-0.3, -0.25) is 14.5 Å². The molecule has 0 spiro atoms. The fraction of sp³-hybridized carbons (Fsp3) is 0.963. The van der Waals surface area contributed by atoms with E-state index < -0.39 is 0 Å². The van der Waals surface area contributed by atoms with Crippen molar-refractivity contribution in [3.63, 3.8) is 0 Å². The highest BCUT2D eigenvalue weighted by molar-refractivity contribution is 5.76. The van der Waals surface area contributed by atoms with Crippen molar-refractivity contribution in [1.29, 1.82) is 0 Å². The van der Waals surface area contributed by atoms with Crippen molar-refractivity contribution >= 4 is 11.8 Å². The maximum atomic E-state index is 12.2. The Morgan fingerprint density at radius 2 is 1.06 bits per heavy atom. The average molecular weight is 892 g/mol. The molecule has 0 aromatic rings. The first kappa shape index (κ1) is 59.8. The highest BCUT2D eigenvalue weighted by Gasteiger charge is 2.39. The predicted octanol–water partition coefficient (Wildman–Crippen LogP) is 11.6. The minimum absolute atomic E-state index is 0.117. The molecule has 1 N–H and O–H groups in total. The van der Waals surface area contributed by atoms with E-state index in [4.69, 9.17) is 9.47 Å². The number of carbonyl (C=O) groups is 2. The third-order valence-electron chi connectivity index (χ3n) is 14.1. The Morgan fingerprint density at radius 1 is 0.571 bits per heavy atom. The number of ether oxygens (including phenoxy) is 2. The molecule has 9 heteroatoms. The summed E-state index contributed by atoms with van der Waals surface area (Å²) in [5.41, 5.74) is 2.45. The molecule has 3 heterocycles. The molecule has 3 fully saturated rings. The van der Waals surface area contributed by atoms with E-state index in [2.05, 4.69) is 152 Å². The summed E-state index contributed by atoms with van der Waals surface area (Å²) in [6.45, 7) is 56.3. The van der Waals surface area contributed by atoms with Crippen LogP contribution in [0.2, 0.25) is 0 Å². The third-order valence-corrected chi connectivity index (χ3v) is 14.1. The molecule has 0 radical (unpaired) electrons. The summed E-state index contributed by atoms with van der Waals surface area (Å²) in [6.07, 6.45) is 12.1. The van der Waals surface area contributed by atoms with Gasteiger partial charge in [-0.1, -0.05) is 96.4 Å². The van der Waals surface area contributed by atoms with Crippen molar-refractivity contribution < 1.29 is 19.1 Å². The highest BCUT2D eigenvalue weighted by Crippen LogP contribution is 2.46. The lowest BCUT2D eigenvalue weighted by Gasteiger charge is -2.47. The lowest BCUT2D eigenvalue weighted by Crippen LogP contribution is -2.54. The SMILES string of the molecule is CC(C)(C)CCCCC(=O)N1CCC(C(C)(C)C)CC1.CC(C)(C)CCCOCCN1CCC(C)(C(C)(C)C)CC1.CC(C)(C)NCCOCCC(=O)N1CCN(C(C)(C)C)CC1. The summed E-state index contributed by atoms with van der Waals surface area (Å²) in [5.74, 6) is 1.37. The van der Waals surface area contributed by atoms with Crippen LogP contribution >= 0.6 is 0 Å². The van der Waals surface area contributed by atoms with Crippen LogP contribution in [0.15, 0.2) is 0 Å². The second-order valence-electron chi connectivity index (χ2n) is 26.3. The van der Waals surface area contributed by atoms with E-state index in [0.717, 1.165) is 84.3 Å². The van der Waals surface area contributed by atoms with Crippen molar-refractivity contribution in [2.45, 2.75) is 213 Å². The standard InChI is InChI=1S/C19H39NO.C18H35NO.C17H35N3O2/c1-17(2,3)9-8-15-21-16-14-20-12-10-19(7,11-13-20)18(4,5)6;1-17(2,3)12-8-7-9-16(20)19-13-10-15(11-14-19)18(4,5)6;1-16(2,3)18-8-14-22-13-7-15(21)19-9-11-20(12-10-19)17(4,5)6/h8-16H2,1-7H3;15H,7-14H2,1-6H3;18H,7-14H2,1-6H3. The average Bonchev–Trinajstić information content (AvgIpc) is 3.15. The zero-order chi connectivity index (χ0) is 48.3. The van der Waals surface area contributed by atoms with Gasteiger partial charge in [0.2, 0.25) is 11.8 Å². The summed E-state index contributed by atoms with van der Waals surface area (Å²) in [5, 5.41) is 3.37. The molecule has 0 unspecified atom stereocenters. The van der Waals surface area contributed by atoms with E-state index in [1.807, 2.05) is 4.90 Å². The van der Waals surface area contributed by atoms with Crippen LogP contribution in [-0.2, 0) is 19.1 Å². The van der Waals surface area contributed by atoms with Gasteiger partial charge in [-0.2, -0.15) is 0 Å². The van der Waals surface area contributed by atoms with Crippen molar-refractivity contribution in [2.75, 3.05) is 91.9 Å². The molecule has 0 atom stereocenters. The fourth-order valence-electron chi connectivity index (χ4n) is 8.65. The molecule has 0 aliphatic carbocycles. The number of amides is 2. The van der Waals surface area contributed by atoms with Crippen LogP contribution in [0.1, 0.15) is 202 Å². The Hall–Kier alpha value is -1.26. The second-order valence-corrected chi connectivity index (χ2v) is 26.3. The van der Waals surface area contributed by atoms with Crippen molar-refractivity contribution in [2.24, 2.45) is 33.0 Å². The molecule has 0 saturated carbocycles. The molecule has 0 bridgehead atoms. The molecule has 63 heavy (non-hydrogen) atoms. The number of nitrogens with zero attached hydrogens (tertiary/aromatic N) is 4. The van der Waals surface area contributed by atoms with Crippen LogP contribution in [0.25, 0.3) is 0 Å². The third kappa shape index (κ3) is 27.2. The summed E-state index contributed by atoms with van der Waals surface area (Å²) in [7, 11) is 0. The molecule has 0 aromatic heterocycles. The van der Waals surface area contributed by atoms with Gasteiger partial charge in [0.1, 0.15) is 0 Å². The summed E-state index contributed by atoms with van der Waals surface area (Å²) in [6, 6.07) is 0. The van der Waals surface area contributed by atoms with E-state index >= 15 is 0 Å². The Kier molecular flexibility index (Phi) is 25.5. The van der Waals surface area contributed by atoms with Gasteiger partial charge in [-0.05, 0) is 139 Å².